The minimum Gasteiger partial charge on any atom is -0.479 e. The Morgan fingerprint density at radius 1 is 1.20 bits per heavy atom. The molecule has 3 aromatic rings. The van der Waals surface area contributed by atoms with E-state index in [0.717, 1.165) is 41.7 Å². The van der Waals surface area contributed by atoms with Crippen LogP contribution >= 0.6 is 11.3 Å². The third-order valence-corrected chi connectivity index (χ3v) is 6.72. The van der Waals surface area contributed by atoms with E-state index in [9.17, 15) is 19.7 Å². The molecule has 0 atom stereocenters. The summed E-state index contributed by atoms with van der Waals surface area (Å²) in [6, 6.07) is 7.74. The number of esters is 1. The Morgan fingerprint density at radius 2 is 1.97 bits per heavy atom. The lowest BCUT2D eigenvalue weighted by Crippen LogP contribution is -2.17. The molecule has 1 aliphatic carbocycles. The summed E-state index contributed by atoms with van der Waals surface area (Å²) in [5, 5.41) is 14.5. The van der Waals surface area contributed by atoms with E-state index in [1.807, 2.05) is 0 Å². The zero-order valence-corrected chi connectivity index (χ0v) is 20.5. The summed E-state index contributed by atoms with van der Waals surface area (Å²) in [6.07, 6.45) is 3.39. The molecule has 0 radical (unpaired) electrons. The van der Waals surface area contributed by atoms with Crippen molar-refractivity contribution in [3.8, 4) is 5.75 Å². The maximum Gasteiger partial charge on any atom is 0.341 e. The molecule has 1 aromatic carbocycles. The number of anilines is 1. The van der Waals surface area contributed by atoms with Crippen molar-refractivity contribution in [2.45, 2.75) is 59.2 Å². The van der Waals surface area contributed by atoms with Crippen molar-refractivity contribution in [2.75, 3.05) is 5.32 Å². The molecule has 0 spiro atoms. The number of thiophene rings is 1. The number of carbonyl (C=O) groups excluding carboxylic acids is 2. The Balaban J connectivity index is 1.49. The predicted octanol–water partition coefficient (Wildman–Crippen LogP) is 5.83. The Hall–Kier alpha value is -3.66. The molecule has 9 nitrogen and oxygen atoms in total. The van der Waals surface area contributed by atoms with Crippen LogP contribution in [0.2, 0.25) is 0 Å². The van der Waals surface area contributed by atoms with E-state index in [0.29, 0.717) is 16.3 Å². The number of rotatable bonds is 8. The van der Waals surface area contributed by atoms with Gasteiger partial charge in [0.15, 0.2) is 11.5 Å². The van der Waals surface area contributed by atoms with Crippen molar-refractivity contribution in [1.29, 1.82) is 0 Å². The number of hydrogen-bond donors (Lipinski definition) is 1. The van der Waals surface area contributed by atoms with Gasteiger partial charge in [-0.15, -0.1) is 11.3 Å². The summed E-state index contributed by atoms with van der Waals surface area (Å²) in [6.45, 7) is 5.24. The molecule has 0 aliphatic heterocycles. The minimum atomic E-state index is -0.508. The number of nitro groups is 1. The van der Waals surface area contributed by atoms with E-state index in [1.165, 1.54) is 29.5 Å². The van der Waals surface area contributed by atoms with Gasteiger partial charge >= 0.3 is 11.7 Å². The highest BCUT2D eigenvalue weighted by atomic mass is 32.1. The average Bonchev–Trinajstić information content (AvgIpc) is 3.42. The van der Waals surface area contributed by atoms with Crippen LogP contribution in [-0.4, -0.2) is 22.9 Å². The average molecular weight is 499 g/mol. The number of ether oxygens (including phenoxy) is 2. The van der Waals surface area contributed by atoms with E-state index in [4.69, 9.17) is 13.9 Å². The van der Waals surface area contributed by atoms with Gasteiger partial charge in [-0.3, -0.25) is 14.9 Å². The smallest absolute Gasteiger partial charge is 0.341 e. The third-order valence-electron chi connectivity index (χ3n) is 5.51. The van der Waals surface area contributed by atoms with Crippen molar-refractivity contribution in [3.05, 3.63) is 73.5 Å². The Labute approximate surface area is 206 Å². The Bertz CT molecular complexity index is 1270. The van der Waals surface area contributed by atoms with Crippen LogP contribution in [0.25, 0.3) is 0 Å². The summed E-state index contributed by atoms with van der Waals surface area (Å²) < 4.78 is 16.6. The van der Waals surface area contributed by atoms with Gasteiger partial charge in [0.2, 0.25) is 0 Å². The summed E-state index contributed by atoms with van der Waals surface area (Å²) in [5.41, 5.74) is 1.98. The molecular formula is C25H26N2O7S. The number of aryl methyl sites for hydroxylation is 2. The van der Waals surface area contributed by atoms with Crippen molar-refractivity contribution in [1.82, 2.24) is 0 Å². The van der Waals surface area contributed by atoms with E-state index >= 15 is 0 Å². The van der Waals surface area contributed by atoms with Gasteiger partial charge in [0.1, 0.15) is 17.4 Å². The topological polar surface area (TPSA) is 121 Å². The zero-order valence-electron chi connectivity index (χ0n) is 19.7. The van der Waals surface area contributed by atoms with Gasteiger partial charge in [-0.2, -0.15) is 0 Å². The number of furan rings is 1. The highest BCUT2D eigenvalue weighted by molar-refractivity contribution is 7.17. The maximum absolute atomic E-state index is 12.9. The molecule has 4 rings (SSSR count). The number of carbonyl (C=O) groups is 2. The number of nitro benzene ring substituents is 1. The number of amides is 1. The first kappa shape index (κ1) is 24.5. The molecule has 2 heterocycles. The second-order valence-corrected chi connectivity index (χ2v) is 9.71. The summed E-state index contributed by atoms with van der Waals surface area (Å²) >= 11 is 1.40. The van der Waals surface area contributed by atoms with Crippen LogP contribution in [0.4, 0.5) is 10.7 Å². The lowest BCUT2D eigenvalue weighted by molar-refractivity contribution is -0.386. The van der Waals surface area contributed by atoms with E-state index < -0.39 is 16.8 Å². The molecule has 1 amide bonds. The van der Waals surface area contributed by atoms with Crippen LogP contribution in [0.15, 0.2) is 34.7 Å². The fourth-order valence-corrected chi connectivity index (χ4v) is 5.20. The fourth-order valence-electron chi connectivity index (χ4n) is 3.93. The first-order chi connectivity index (χ1) is 16.7. The molecule has 0 fully saturated rings. The molecule has 10 heteroatoms. The molecule has 2 aromatic heterocycles. The van der Waals surface area contributed by atoms with Gasteiger partial charge in [0.05, 0.1) is 16.6 Å². The second-order valence-electron chi connectivity index (χ2n) is 8.61. The van der Waals surface area contributed by atoms with Gasteiger partial charge in [-0.05, 0) is 75.8 Å². The highest BCUT2D eigenvalue weighted by Gasteiger charge is 2.28. The van der Waals surface area contributed by atoms with Gasteiger partial charge < -0.3 is 19.2 Å². The number of nitrogens with one attached hydrogen (secondary N) is 1. The van der Waals surface area contributed by atoms with E-state index in [-0.39, 0.29) is 29.9 Å². The first-order valence-electron chi connectivity index (χ1n) is 11.4. The quantitative estimate of drug-likeness (QED) is 0.235. The van der Waals surface area contributed by atoms with Crippen molar-refractivity contribution in [3.63, 3.8) is 0 Å². The minimum absolute atomic E-state index is 0.0385. The summed E-state index contributed by atoms with van der Waals surface area (Å²) in [4.78, 5) is 37.6. The summed E-state index contributed by atoms with van der Waals surface area (Å²) in [5.74, 6) is -0.468. The fraction of sp³-hybridized carbons (Fsp3) is 0.360. The van der Waals surface area contributed by atoms with E-state index in [2.05, 4.69) is 5.32 Å². The largest absolute Gasteiger partial charge is 0.479 e. The van der Waals surface area contributed by atoms with Crippen LogP contribution in [0.3, 0.4) is 0 Å². The van der Waals surface area contributed by atoms with Gasteiger partial charge in [0.25, 0.3) is 5.91 Å². The molecule has 35 heavy (non-hydrogen) atoms. The van der Waals surface area contributed by atoms with E-state index in [1.54, 1.807) is 32.9 Å². The number of nitrogens with zero attached hydrogens (tertiary/aromatic N) is 1. The molecule has 1 aliphatic rings. The molecule has 0 bridgehead atoms. The Morgan fingerprint density at radius 3 is 2.71 bits per heavy atom. The van der Waals surface area contributed by atoms with Crippen molar-refractivity contribution < 1.29 is 28.4 Å². The van der Waals surface area contributed by atoms with Crippen LogP contribution in [0.5, 0.6) is 5.75 Å². The molecule has 1 N–H and O–H groups in total. The van der Waals surface area contributed by atoms with Gasteiger partial charge in [-0.1, -0.05) is 6.07 Å². The standard InChI is InChI=1S/C25H26N2O7S/c1-14(2)33-25(29)22-17-6-4-5-7-21(17)35-24(22)26-23(28)20-11-9-16(34-20)13-32-19-10-8-15(3)12-18(19)27(30)31/h8-12,14H,4-7,13H2,1-3H3,(H,26,28). The van der Waals surface area contributed by atoms with Gasteiger partial charge in [0, 0.05) is 10.9 Å². The highest BCUT2D eigenvalue weighted by Crippen LogP contribution is 2.39. The molecule has 0 saturated heterocycles. The lowest BCUT2D eigenvalue weighted by atomic mass is 9.95. The van der Waals surface area contributed by atoms with Crippen molar-refractivity contribution in [2.24, 2.45) is 0 Å². The maximum atomic E-state index is 12.9. The number of benzene rings is 1. The lowest BCUT2D eigenvalue weighted by Gasteiger charge is -2.14. The van der Waals surface area contributed by atoms with Crippen molar-refractivity contribution >= 4 is 33.9 Å². The first-order valence-corrected chi connectivity index (χ1v) is 12.2. The van der Waals surface area contributed by atoms with Crippen LogP contribution in [-0.2, 0) is 24.2 Å². The SMILES string of the molecule is Cc1ccc(OCc2ccc(C(=O)Nc3sc4c(c3C(=O)OC(C)C)CCCC4)o2)c([N+](=O)[O-])c1. The zero-order chi connectivity index (χ0) is 25.1. The monoisotopic (exact) mass is 498 g/mol. The second kappa shape index (κ2) is 10.3. The van der Waals surface area contributed by atoms with Gasteiger partial charge in [-0.25, -0.2) is 4.79 Å². The molecule has 184 valence electrons. The van der Waals surface area contributed by atoms with Crippen LogP contribution in [0, 0.1) is 17.0 Å². The van der Waals surface area contributed by atoms with Crippen LogP contribution in [0.1, 0.15) is 69.4 Å². The Kier molecular flexibility index (Phi) is 7.20. The number of fused-ring (bicyclic) bond motifs is 1. The predicted molar refractivity (Wildman–Crippen MR) is 130 cm³/mol. The summed E-state index contributed by atoms with van der Waals surface area (Å²) in [7, 11) is 0. The van der Waals surface area contributed by atoms with Crippen LogP contribution < -0.4 is 10.1 Å². The third kappa shape index (κ3) is 5.54. The molecule has 0 saturated carbocycles. The molecular weight excluding hydrogens is 472 g/mol. The molecule has 0 unspecified atom stereocenters. The number of hydrogen-bond acceptors (Lipinski definition) is 8. The normalized spacial score (nSPS) is 12.8.